The second-order valence-corrected chi connectivity index (χ2v) is 7.83. The van der Waals surface area contributed by atoms with Crippen LogP contribution in [0.3, 0.4) is 0 Å². The zero-order valence-corrected chi connectivity index (χ0v) is 14.1. The molecule has 0 unspecified atom stereocenters. The first kappa shape index (κ1) is 14.2. The quantitative estimate of drug-likeness (QED) is 0.778. The zero-order chi connectivity index (χ0) is 15.5. The van der Waals surface area contributed by atoms with Crippen molar-refractivity contribution in [3.63, 3.8) is 0 Å². The minimum atomic E-state index is -0.670. The smallest absolute Gasteiger partial charge is 0.323 e. The number of nitrogens with zero attached hydrogens (tertiary/aromatic N) is 2. The van der Waals surface area contributed by atoms with Crippen molar-refractivity contribution in [3.05, 3.63) is 22.4 Å². The van der Waals surface area contributed by atoms with Crippen molar-refractivity contribution in [3.8, 4) is 0 Å². The molecule has 4 rings (SSSR count). The number of carbonyl (C=O) groups is 2. The van der Waals surface area contributed by atoms with E-state index in [9.17, 15) is 9.59 Å². The summed E-state index contributed by atoms with van der Waals surface area (Å²) in [6, 6.07) is -0.319. The second kappa shape index (κ2) is 4.54. The summed E-state index contributed by atoms with van der Waals surface area (Å²) in [4.78, 5) is 30.7. The number of aromatic nitrogens is 1. The monoisotopic (exact) mass is 363 g/mol. The van der Waals surface area contributed by atoms with Crippen molar-refractivity contribution >= 4 is 33.6 Å². The van der Waals surface area contributed by atoms with Crippen molar-refractivity contribution in [2.24, 2.45) is 5.41 Å². The van der Waals surface area contributed by atoms with Gasteiger partial charge >= 0.3 is 6.03 Å². The Morgan fingerprint density at radius 3 is 2.59 bits per heavy atom. The SMILES string of the molecule is Cc1c(Br)cncc1N1C(=O)NC2(CC3(CCCC3)C2)C1=O. The van der Waals surface area contributed by atoms with Crippen molar-refractivity contribution < 1.29 is 9.59 Å². The van der Waals surface area contributed by atoms with E-state index in [1.54, 1.807) is 12.4 Å². The van der Waals surface area contributed by atoms with E-state index in [-0.39, 0.29) is 11.9 Å². The van der Waals surface area contributed by atoms with Crippen molar-refractivity contribution in [2.45, 2.75) is 51.0 Å². The van der Waals surface area contributed by atoms with Gasteiger partial charge in [-0.05, 0) is 59.5 Å². The third-order valence-electron chi connectivity index (χ3n) is 5.55. The van der Waals surface area contributed by atoms with E-state index in [1.807, 2.05) is 6.92 Å². The lowest BCUT2D eigenvalue weighted by Crippen LogP contribution is -2.61. The number of hydrogen-bond donors (Lipinski definition) is 1. The summed E-state index contributed by atoms with van der Waals surface area (Å²) in [6.07, 6.45) is 9.71. The molecule has 1 aliphatic heterocycles. The Labute approximate surface area is 137 Å². The van der Waals surface area contributed by atoms with Gasteiger partial charge in [0.15, 0.2) is 0 Å². The summed E-state index contributed by atoms with van der Waals surface area (Å²) in [5.74, 6) is -0.113. The van der Waals surface area contributed by atoms with Gasteiger partial charge < -0.3 is 5.32 Å². The molecule has 1 N–H and O–H groups in total. The molecule has 116 valence electrons. The maximum absolute atomic E-state index is 12.9. The Hall–Kier alpha value is -1.43. The summed E-state index contributed by atoms with van der Waals surface area (Å²) in [5, 5.41) is 2.96. The molecule has 1 aromatic rings. The molecule has 1 saturated heterocycles. The summed E-state index contributed by atoms with van der Waals surface area (Å²) in [7, 11) is 0. The molecule has 2 spiro atoms. The first-order valence-electron chi connectivity index (χ1n) is 7.73. The normalized spacial score (nSPS) is 24.9. The van der Waals surface area contributed by atoms with Crippen LogP contribution in [0.2, 0.25) is 0 Å². The van der Waals surface area contributed by atoms with Crippen LogP contribution in [0, 0.1) is 12.3 Å². The lowest BCUT2D eigenvalue weighted by Gasteiger charge is -2.51. The molecule has 2 heterocycles. The largest absolute Gasteiger partial charge is 0.329 e. The van der Waals surface area contributed by atoms with Crippen LogP contribution in [0.5, 0.6) is 0 Å². The molecule has 6 heteroatoms. The van der Waals surface area contributed by atoms with Crippen LogP contribution < -0.4 is 10.2 Å². The fourth-order valence-electron chi connectivity index (χ4n) is 4.50. The number of pyridine rings is 1. The van der Waals surface area contributed by atoms with E-state index in [0.29, 0.717) is 11.1 Å². The third kappa shape index (κ3) is 1.79. The average Bonchev–Trinajstić information content (AvgIpc) is 3.00. The molecule has 0 atom stereocenters. The number of nitrogens with one attached hydrogen (secondary N) is 1. The van der Waals surface area contributed by atoms with Gasteiger partial charge in [-0.1, -0.05) is 12.8 Å². The molecule has 22 heavy (non-hydrogen) atoms. The van der Waals surface area contributed by atoms with Crippen molar-refractivity contribution in [1.29, 1.82) is 0 Å². The van der Waals surface area contributed by atoms with Crippen LogP contribution in [0.4, 0.5) is 10.5 Å². The first-order valence-corrected chi connectivity index (χ1v) is 8.53. The number of halogens is 1. The van der Waals surface area contributed by atoms with Crippen LogP contribution in [0.15, 0.2) is 16.9 Å². The minimum absolute atomic E-state index is 0.113. The molecular weight excluding hydrogens is 346 g/mol. The Morgan fingerprint density at radius 1 is 1.23 bits per heavy atom. The van der Waals surface area contributed by atoms with Gasteiger partial charge in [-0.2, -0.15) is 0 Å². The predicted octanol–water partition coefficient (Wildman–Crippen LogP) is 3.30. The summed E-state index contributed by atoms with van der Waals surface area (Å²) < 4.78 is 0.799. The third-order valence-corrected chi connectivity index (χ3v) is 6.35. The molecule has 1 aromatic heterocycles. The molecular formula is C16H18BrN3O2. The number of rotatable bonds is 1. The van der Waals surface area contributed by atoms with Gasteiger partial charge in [0, 0.05) is 10.7 Å². The number of carbonyl (C=O) groups excluding carboxylic acids is 2. The minimum Gasteiger partial charge on any atom is -0.323 e. The van der Waals surface area contributed by atoms with Gasteiger partial charge in [0.05, 0.1) is 11.9 Å². The molecule has 2 saturated carbocycles. The second-order valence-electron chi connectivity index (χ2n) is 6.98. The van der Waals surface area contributed by atoms with E-state index >= 15 is 0 Å². The van der Waals surface area contributed by atoms with Crippen LogP contribution in [0.25, 0.3) is 0 Å². The molecule has 2 aliphatic carbocycles. The van der Waals surface area contributed by atoms with E-state index in [1.165, 1.54) is 30.6 Å². The average molecular weight is 364 g/mol. The van der Waals surface area contributed by atoms with E-state index in [0.717, 1.165) is 22.9 Å². The Kier molecular flexibility index (Phi) is 2.92. The van der Waals surface area contributed by atoms with E-state index in [2.05, 4.69) is 26.2 Å². The van der Waals surface area contributed by atoms with Gasteiger partial charge in [0.25, 0.3) is 5.91 Å². The van der Waals surface area contributed by atoms with E-state index in [4.69, 9.17) is 0 Å². The number of urea groups is 1. The van der Waals surface area contributed by atoms with Gasteiger partial charge in [0.1, 0.15) is 5.54 Å². The molecule has 5 nitrogen and oxygen atoms in total. The number of imide groups is 1. The fraction of sp³-hybridized carbons (Fsp3) is 0.562. The van der Waals surface area contributed by atoms with Crippen LogP contribution in [-0.4, -0.2) is 22.5 Å². The van der Waals surface area contributed by atoms with Crippen LogP contribution in [0.1, 0.15) is 44.1 Å². The fourth-order valence-corrected chi connectivity index (χ4v) is 4.82. The summed E-state index contributed by atoms with van der Waals surface area (Å²) in [5.41, 5.74) is 1.05. The lowest BCUT2D eigenvalue weighted by atomic mass is 9.56. The maximum Gasteiger partial charge on any atom is 0.329 e. The van der Waals surface area contributed by atoms with Crippen LogP contribution in [-0.2, 0) is 4.79 Å². The zero-order valence-electron chi connectivity index (χ0n) is 12.5. The highest BCUT2D eigenvalue weighted by Crippen LogP contribution is 2.59. The number of hydrogen-bond acceptors (Lipinski definition) is 3. The standard InChI is InChI=1S/C16H18BrN3O2/c1-10-11(17)6-18-7-12(10)20-13(21)16(19-14(20)22)8-15(9-16)4-2-3-5-15/h6-7H,2-5,8-9H2,1H3,(H,19,22). The first-order chi connectivity index (χ1) is 10.5. The predicted molar refractivity (Wildman–Crippen MR) is 85.6 cm³/mol. The molecule has 3 amide bonds. The van der Waals surface area contributed by atoms with Gasteiger partial charge in [0.2, 0.25) is 0 Å². The number of amides is 3. The van der Waals surface area contributed by atoms with Crippen molar-refractivity contribution in [1.82, 2.24) is 10.3 Å². The number of anilines is 1. The van der Waals surface area contributed by atoms with Gasteiger partial charge in [-0.25, -0.2) is 9.69 Å². The molecule has 0 aromatic carbocycles. The van der Waals surface area contributed by atoms with Gasteiger partial charge in [-0.15, -0.1) is 0 Å². The Bertz CT molecular complexity index is 674. The summed E-state index contributed by atoms with van der Waals surface area (Å²) in [6.45, 7) is 1.88. The Balaban J connectivity index is 1.65. The summed E-state index contributed by atoms with van der Waals surface area (Å²) >= 11 is 3.41. The van der Waals surface area contributed by atoms with E-state index < -0.39 is 5.54 Å². The van der Waals surface area contributed by atoms with Crippen molar-refractivity contribution in [2.75, 3.05) is 4.90 Å². The van der Waals surface area contributed by atoms with Gasteiger partial charge in [-0.3, -0.25) is 9.78 Å². The highest BCUT2D eigenvalue weighted by molar-refractivity contribution is 9.10. The molecule has 0 radical (unpaired) electrons. The molecule has 3 aliphatic rings. The Morgan fingerprint density at radius 2 is 1.91 bits per heavy atom. The molecule has 3 fully saturated rings. The maximum atomic E-state index is 12.9. The highest BCUT2D eigenvalue weighted by Gasteiger charge is 2.65. The highest BCUT2D eigenvalue weighted by atomic mass is 79.9. The molecule has 0 bridgehead atoms. The lowest BCUT2D eigenvalue weighted by molar-refractivity contribution is -0.131. The van der Waals surface area contributed by atoms with Crippen LogP contribution >= 0.6 is 15.9 Å². The topological polar surface area (TPSA) is 62.3 Å².